The van der Waals surface area contributed by atoms with Crippen molar-refractivity contribution in [1.82, 2.24) is 10.6 Å². The largest absolute Gasteiger partial charge is 0.463 e. The Morgan fingerprint density at radius 1 is 0.867 bits per heavy atom. The normalized spacial score (nSPS) is 22.5. The van der Waals surface area contributed by atoms with Crippen LogP contribution < -0.4 is 10.6 Å². The number of ether oxygens (including phenoxy) is 7. The van der Waals surface area contributed by atoms with Gasteiger partial charge in [-0.25, -0.2) is 9.59 Å². The van der Waals surface area contributed by atoms with E-state index < -0.39 is 90.9 Å². The molecule has 250 valence electrons. The summed E-state index contributed by atoms with van der Waals surface area (Å²) < 4.78 is 38.8. The first kappa shape index (κ1) is 36.9. The van der Waals surface area contributed by atoms with Gasteiger partial charge in [0, 0.05) is 27.7 Å². The molecule has 1 heterocycles. The molecule has 1 aromatic carbocycles. The number of carbonyl (C=O) groups excluding carboxylic acids is 6. The van der Waals surface area contributed by atoms with E-state index in [2.05, 4.69) is 10.6 Å². The van der Waals surface area contributed by atoms with Crippen LogP contribution >= 0.6 is 0 Å². The summed E-state index contributed by atoms with van der Waals surface area (Å²) >= 11 is 0. The molecule has 2 N–H and O–H groups in total. The van der Waals surface area contributed by atoms with Crippen LogP contribution in [-0.4, -0.2) is 90.9 Å². The third-order valence-corrected chi connectivity index (χ3v) is 6.04. The first-order chi connectivity index (χ1) is 21.0. The van der Waals surface area contributed by atoms with Gasteiger partial charge in [-0.1, -0.05) is 30.3 Å². The fourth-order valence-electron chi connectivity index (χ4n) is 4.32. The number of benzene rings is 1. The molecular weight excluding hydrogens is 596 g/mol. The fraction of sp³-hybridized carbons (Fsp3) is 0.600. The molecule has 7 atom stereocenters. The maximum absolute atomic E-state index is 13.3. The third-order valence-electron chi connectivity index (χ3n) is 6.04. The van der Waals surface area contributed by atoms with Gasteiger partial charge in [0.25, 0.3) is 0 Å². The van der Waals surface area contributed by atoms with Gasteiger partial charge in [-0.15, -0.1) is 0 Å². The Labute approximate surface area is 261 Å². The molecule has 1 saturated heterocycles. The van der Waals surface area contributed by atoms with E-state index in [-0.39, 0.29) is 6.61 Å². The fourth-order valence-corrected chi connectivity index (χ4v) is 4.32. The molecule has 0 radical (unpaired) electrons. The van der Waals surface area contributed by atoms with Crippen molar-refractivity contribution < 1.29 is 61.9 Å². The highest BCUT2D eigenvalue weighted by molar-refractivity contribution is 5.82. The monoisotopic (exact) mass is 638 g/mol. The zero-order chi connectivity index (χ0) is 33.9. The van der Waals surface area contributed by atoms with Crippen LogP contribution in [-0.2, 0) is 63.7 Å². The molecule has 2 amide bonds. The van der Waals surface area contributed by atoms with Gasteiger partial charge >= 0.3 is 30.0 Å². The van der Waals surface area contributed by atoms with Gasteiger partial charge in [0.05, 0.1) is 6.10 Å². The lowest BCUT2D eigenvalue weighted by atomic mass is 9.95. The summed E-state index contributed by atoms with van der Waals surface area (Å²) in [5.74, 6) is -3.70. The maximum atomic E-state index is 13.3. The molecule has 1 aromatic rings. The average Bonchev–Trinajstić information content (AvgIpc) is 2.91. The van der Waals surface area contributed by atoms with Crippen molar-refractivity contribution in [3.8, 4) is 0 Å². The topological polar surface area (TPSA) is 191 Å². The quantitative estimate of drug-likeness (QED) is 0.249. The number of amides is 2. The number of nitrogens with one attached hydrogen (secondary N) is 2. The number of rotatable bonds is 12. The van der Waals surface area contributed by atoms with Gasteiger partial charge in [0.2, 0.25) is 5.91 Å². The summed E-state index contributed by atoms with van der Waals surface area (Å²) in [6.07, 6.45) is -7.63. The van der Waals surface area contributed by atoms with Crippen LogP contribution in [0, 0.1) is 0 Å². The first-order valence-electron chi connectivity index (χ1n) is 14.2. The molecule has 0 saturated carbocycles. The Bertz CT molecular complexity index is 1200. The van der Waals surface area contributed by atoms with Crippen molar-refractivity contribution in [1.29, 1.82) is 0 Å². The molecule has 0 unspecified atom stereocenters. The highest BCUT2D eigenvalue weighted by Gasteiger charge is 2.52. The van der Waals surface area contributed by atoms with E-state index in [9.17, 15) is 28.8 Å². The molecule has 15 nitrogen and oxygen atoms in total. The van der Waals surface area contributed by atoms with E-state index in [1.54, 1.807) is 51.1 Å². The summed E-state index contributed by atoms with van der Waals surface area (Å²) in [6.45, 7) is 10.4. The van der Waals surface area contributed by atoms with Crippen LogP contribution in [0.25, 0.3) is 0 Å². The second-order valence-corrected chi connectivity index (χ2v) is 11.3. The van der Waals surface area contributed by atoms with Crippen molar-refractivity contribution in [3.63, 3.8) is 0 Å². The van der Waals surface area contributed by atoms with Crippen molar-refractivity contribution in [3.05, 3.63) is 35.9 Å². The molecule has 2 rings (SSSR count). The summed E-state index contributed by atoms with van der Waals surface area (Å²) in [7, 11) is 0. The Balaban J connectivity index is 2.42. The van der Waals surface area contributed by atoms with Gasteiger partial charge in [-0.3, -0.25) is 19.2 Å². The standard InChI is InChI=1S/C30H42N2O13/c1-16(23(27(37)45-30(6,7)8)32-29(38)40-14-21-12-10-9-11-13-21)41-28-24(31-17(2)33)26(43-20(5)36)25(42-19(4)35)22(44-28)15-39-18(3)34/h9-13,16,22-26,28H,14-15H2,1-8H3,(H,31,33)(H,32,38)/t16-,22-,23+,24-,25-,26-,28+/m1/s1. The molecule has 1 fully saturated rings. The van der Waals surface area contributed by atoms with Crippen molar-refractivity contribution in [2.75, 3.05) is 6.61 Å². The minimum atomic E-state index is -1.49. The Hall–Kier alpha value is -4.24. The minimum absolute atomic E-state index is 0.0846. The van der Waals surface area contributed by atoms with Crippen LogP contribution in [0.5, 0.6) is 0 Å². The van der Waals surface area contributed by atoms with E-state index in [1.165, 1.54) is 13.8 Å². The number of hydrogen-bond acceptors (Lipinski definition) is 13. The number of esters is 4. The third kappa shape index (κ3) is 12.7. The second-order valence-electron chi connectivity index (χ2n) is 11.3. The number of alkyl carbamates (subject to hydrolysis) is 1. The van der Waals surface area contributed by atoms with Gasteiger partial charge in [0.15, 0.2) is 24.5 Å². The summed E-state index contributed by atoms with van der Waals surface area (Å²) in [4.78, 5) is 74.0. The summed E-state index contributed by atoms with van der Waals surface area (Å²) in [5.41, 5.74) is -0.241. The van der Waals surface area contributed by atoms with Crippen LogP contribution in [0.15, 0.2) is 30.3 Å². The maximum Gasteiger partial charge on any atom is 0.408 e. The highest BCUT2D eigenvalue weighted by atomic mass is 16.7. The lowest BCUT2D eigenvalue weighted by molar-refractivity contribution is -0.288. The van der Waals surface area contributed by atoms with E-state index in [0.717, 1.165) is 20.8 Å². The van der Waals surface area contributed by atoms with Gasteiger partial charge in [-0.2, -0.15) is 0 Å². The number of carbonyl (C=O) groups is 6. The molecule has 0 bridgehead atoms. The number of hydrogen-bond donors (Lipinski definition) is 2. The van der Waals surface area contributed by atoms with Crippen LogP contribution in [0.1, 0.15) is 61.0 Å². The molecule has 15 heteroatoms. The van der Waals surface area contributed by atoms with Gasteiger partial charge in [0.1, 0.15) is 31.0 Å². The first-order valence-corrected chi connectivity index (χ1v) is 14.2. The van der Waals surface area contributed by atoms with Crippen molar-refractivity contribution in [2.45, 2.75) is 110 Å². The summed E-state index contributed by atoms with van der Waals surface area (Å²) in [6, 6.07) is 6.10. The lowest BCUT2D eigenvalue weighted by Crippen LogP contribution is -2.67. The Morgan fingerprint density at radius 2 is 1.47 bits per heavy atom. The van der Waals surface area contributed by atoms with Gasteiger partial charge < -0.3 is 43.8 Å². The zero-order valence-electron chi connectivity index (χ0n) is 26.6. The molecule has 1 aliphatic heterocycles. The second kappa shape index (κ2) is 16.7. The molecule has 0 spiro atoms. The zero-order valence-corrected chi connectivity index (χ0v) is 26.6. The summed E-state index contributed by atoms with van der Waals surface area (Å²) in [5, 5.41) is 5.03. The van der Waals surface area contributed by atoms with E-state index in [4.69, 9.17) is 33.2 Å². The molecular formula is C30H42N2O13. The van der Waals surface area contributed by atoms with Crippen molar-refractivity contribution in [2.24, 2.45) is 0 Å². The van der Waals surface area contributed by atoms with Crippen LogP contribution in [0.2, 0.25) is 0 Å². The van der Waals surface area contributed by atoms with E-state index in [0.29, 0.717) is 5.56 Å². The van der Waals surface area contributed by atoms with Gasteiger partial charge in [-0.05, 0) is 33.3 Å². The van der Waals surface area contributed by atoms with Crippen molar-refractivity contribution >= 4 is 35.9 Å². The van der Waals surface area contributed by atoms with Crippen LogP contribution in [0.4, 0.5) is 4.79 Å². The van der Waals surface area contributed by atoms with Crippen LogP contribution in [0.3, 0.4) is 0 Å². The SMILES string of the molecule is CC(=O)N[C@H]1[C@@H](O[C@H](C)[C@H](NC(=O)OCc2ccccc2)C(=O)OC(C)(C)C)O[C@H](COC(C)=O)[C@@H](OC(C)=O)[C@@H]1OC(C)=O. The minimum Gasteiger partial charge on any atom is -0.463 e. The average molecular weight is 639 g/mol. The van der Waals surface area contributed by atoms with E-state index in [1.807, 2.05) is 0 Å². The smallest absolute Gasteiger partial charge is 0.408 e. The highest BCUT2D eigenvalue weighted by Crippen LogP contribution is 2.29. The predicted octanol–water partition coefficient (Wildman–Crippen LogP) is 1.68. The predicted molar refractivity (Wildman–Crippen MR) is 154 cm³/mol. The molecule has 45 heavy (non-hydrogen) atoms. The molecule has 0 aromatic heterocycles. The van der Waals surface area contributed by atoms with E-state index >= 15 is 0 Å². The Morgan fingerprint density at radius 3 is 2.00 bits per heavy atom. The Kier molecular flexibility index (Phi) is 13.7. The molecule has 0 aliphatic carbocycles. The molecule has 1 aliphatic rings. The lowest BCUT2D eigenvalue weighted by Gasteiger charge is -2.45.